The summed E-state index contributed by atoms with van der Waals surface area (Å²) in [5.74, 6) is 1.80. The van der Waals surface area contributed by atoms with Gasteiger partial charge in [0.1, 0.15) is 11.5 Å². The number of carbonyl (C=O) groups excluding carboxylic acids is 1. The average molecular weight is 337 g/mol. The first kappa shape index (κ1) is 19.0. The van der Waals surface area contributed by atoms with Crippen LogP contribution in [0.1, 0.15) is 31.8 Å². The van der Waals surface area contributed by atoms with Crippen molar-refractivity contribution < 1.29 is 14.3 Å². The molecule has 1 aromatic rings. The molecule has 6 heteroatoms. The minimum Gasteiger partial charge on any atom is -0.464 e. The topological polar surface area (TPSA) is 60.2 Å². The van der Waals surface area contributed by atoms with E-state index in [1.807, 2.05) is 33.0 Å². The number of aryl methyl sites for hydroxylation is 1. The van der Waals surface area contributed by atoms with E-state index < -0.39 is 0 Å². The molecule has 1 amide bonds. The van der Waals surface area contributed by atoms with Crippen LogP contribution in [-0.2, 0) is 11.3 Å². The van der Waals surface area contributed by atoms with E-state index in [0.29, 0.717) is 25.7 Å². The highest BCUT2D eigenvalue weighted by molar-refractivity contribution is 5.77. The number of nitrogens with zero attached hydrogens (tertiary/aromatic N) is 3. The van der Waals surface area contributed by atoms with E-state index >= 15 is 0 Å². The van der Waals surface area contributed by atoms with Crippen molar-refractivity contribution in [2.75, 3.05) is 39.8 Å². The van der Waals surface area contributed by atoms with Crippen molar-refractivity contribution in [3.8, 4) is 0 Å². The lowest BCUT2D eigenvalue weighted by Crippen LogP contribution is -2.56. The molecule has 136 valence electrons. The minimum atomic E-state index is -0.310. The fourth-order valence-corrected chi connectivity index (χ4v) is 3.27. The quantitative estimate of drug-likeness (QED) is 0.813. The van der Waals surface area contributed by atoms with Gasteiger partial charge in [0, 0.05) is 39.3 Å². The number of carbonyl (C=O) groups is 1. The molecule has 2 heterocycles. The van der Waals surface area contributed by atoms with Gasteiger partial charge >= 0.3 is 0 Å². The number of aliphatic hydroxyl groups is 1. The summed E-state index contributed by atoms with van der Waals surface area (Å²) in [5.41, 5.74) is 0. The van der Waals surface area contributed by atoms with Crippen molar-refractivity contribution in [3.63, 3.8) is 0 Å². The Bertz CT molecular complexity index is 529. The summed E-state index contributed by atoms with van der Waals surface area (Å²) in [6.07, 6.45) is 0.717. The van der Waals surface area contributed by atoms with Crippen LogP contribution in [0, 0.1) is 6.92 Å². The summed E-state index contributed by atoms with van der Waals surface area (Å²) in [5, 5.41) is 9.62. The molecule has 1 aliphatic rings. The number of piperazine rings is 1. The predicted molar refractivity (Wildman–Crippen MR) is 93.7 cm³/mol. The standard InChI is InChI=1S/C18H31N3O3/c1-5-16-11-20(8-9-21(16)10-14(2)22)13-18(23)19(4)12-17-7-6-15(3)24-17/h6-7,14,16,22H,5,8-13H2,1-4H3. The highest BCUT2D eigenvalue weighted by Crippen LogP contribution is 2.14. The molecule has 1 aliphatic heterocycles. The Hall–Kier alpha value is -1.37. The van der Waals surface area contributed by atoms with Crippen LogP contribution in [0.15, 0.2) is 16.5 Å². The van der Waals surface area contributed by atoms with Crippen LogP contribution in [0.5, 0.6) is 0 Å². The number of β-amino-alcohol motifs (C(OH)–C–C–N with tert-alkyl or cyclic N) is 1. The van der Waals surface area contributed by atoms with Crippen molar-refractivity contribution in [2.45, 2.75) is 45.9 Å². The van der Waals surface area contributed by atoms with Gasteiger partial charge in [0.2, 0.25) is 5.91 Å². The highest BCUT2D eigenvalue weighted by Gasteiger charge is 2.28. The number of likely N-dealkylation sites (N-methyl/N-ethyl adjacent to an activating group) is 1. The average Bonchev–Trinajstić information content (AvgIpc) is 2.93. The lowest BCUT2D eigenvalue weighted by Gasteiger charge is -2.41. The number of amides is 1. The first-order valence-electron chi connectivity index (χ1n) is 8.82. The van der Waals surface area contributed by atoms with Crippen LogP contribution in [0.3, 0.4) is 0 Å². The maximum Gasteiger partial charge on any atom is 0.236 e. The molecule has 1 fully saturated rings. The number of aliphatic hydroxyl groups excluding tert-OH is 1. The van der Waals surface area contributed by atoms with E-state index in [2.05, 4.69) is 16.7 Å². The number of hydrogen-bond acceptors (Lipinski definition) is 5. The van der Waals surface area contributed by atoms with Gasteiger partial charge in [0.05, 0.1) is 19.2 Å². The Balaban J connectivity index is 1.83. The van der Waals surface area contributed by atoms with Crippen LogP contribution in [0.25, 0.3) is 0 Å². The number of rotatable bonds is 7. The maximum absolute atomic E-state index is 12.5. The molecule has 1 N–H and O–H groups in total. The Morgan fingerprint density at radius 2 is 2.21 bits per heavy atom. The maximum atomic E-state index is 12.5. The van der Waals surface area contributed by atoms with Crippen molar-refractivity contribution in [2.24, 2.45) is 0 Å². The molecular weight excluding hydrogens is 306 g/mol. The van der Waals surface area contributed by atoms with E-state index in [-0.39, 0.29) is 12.0 Å². The number of hydrogen-bond donors (Lipinski definition) is 1. The van der Waals surface area contributed by atoms with Crippen molar-refractivity contribution in [3.05, 3.63) is 23.7 Å². The van der Waals surface area contributed by atoms with Crippen LogP contribution >= 0.6 is 0 Å². The van der Waals surface area contributed by atoms with Gasteiger partial charge in [-0.1, -0.05) is 6.92 Å². The zero-order chi connectivity index (χ0) is 17.7. The van der Waals surface area contributed by atoms with Gasteiger partial charge in [-0.05, 0) is 32.4 Å². The Labute approximate surface area is 145 Å². The van der Waals surface area contributed by atoms with E-state index in [0.717, 1.165) is 37.6 Å². The van der Waals surface area contributed by atoms with Crippen molar-refractivity contribution in [1.82, 2.24) is 14.7 Å². The second-order valence-corrected chi connectivity index (χ2v) is 6.90. The van der Waals surface area contributed by atoms with Gasteiger partial charge in [-0.2, -0.15) is 0 Å². The van der Waals surface area contributed by atoms with E-state index in [1.165, 1.54) is 0 Å². The van der Waals surface area contributed by atoms with Crippen LogP contribution in [0.4, 0.5) is 0 Å². The summed E-state index contributed by atoms with van der Waals surface area (Å²) in [6, 6.07) is 4.24. The normalized spacial score (nSPS) is 21.0. The van der Waals surface area contributed by atoms with Crippen LogP contribution < -0.4 is 0 Å². The van der Waals surface area contributed by atoms with Gasteiger partial charge < -0.3 is 14.4 Å². The summed E-state index contributed by atoms with van der Waals surface area (Å²) >= 11 is 0. The lowest BCUT2D eigenvalue weighted by molar-refractivity contribution is -0.132. The predicted octanol–water partition coefficient (Wildman–Crippen LogP) is 1.32. The zero-order valence-electron chi connectivity index (χ0n) is 15.4. The molecule has 0 aliphatic carbocycles. The molecule has 0 radical (unpaired) electrons. The molecular formula is C18H31N3O3. The highest BCUT2D eigenvalue weighted by atomic mass is 16.3. The van der Waals surface area contributed by atoms with Gasteiger partial charge in [0.25, 0.3) is 0 Å². The lowest BCUT2D eigenvalue weighted by atomic mass is 10.1. The molecule has 24 heavy (non-hydrogen) atoms. The van der Waals surface area contributed by atoms with E-state index in [4.69, 9.17) is 4.42 Å². The van der Waals surface area contributed by atoms with Crippen molar-refractivity contribution >= 4 is 5.91 Å². The fraction of sp³-hybridized carbons (Fsp3) is 0.722. The molecule has 1 aromatic heterocycles. The Kier molecular flexibility index (Phi) is 6.83. The zero-order valence-corrected chi connectivity index (χ0v) is 15.4. The largest absolute Gasteiger partial charge is 0.464 e. The third kappa shape index (κ3) is 5.33. The summed E-state index contributed by atoms with van der Waals surface area (Å²) in [4.78, 5) is 18.7. The second kappa shape index (κ2) is 8.65. The van der Waals surface area contributed by atoms with Gasteiger partial charge in [-0.3, -0.25) is 14.6 Å². The number of furan rings is 1. The van der Waals surface area contributed by atoms with Crippen molar-refractivity contribution in [1.29, 1.82) is 0 Å². The van der Waals surface area contributed by atoms with Gasteiger partial charge in [0.15, 0.2) is 0 Å². The summed E-state index contributed by atoms with van der Waals surface area (Å²) in [7, 11) is 1.82. The molecule has 0 aromatic carbocycles. The van der Waals surface area contributed by atoms with Gasteiger partial charge in [-0.15, -0.1) is 0 Å². The van der Waals surface area contributed by atoms with Gasteiger partial charge in [-0.25, -0.2) is 0 Å². The van der Waals surface area contributed by atoms with Crippen LogP contribution in [0.2, 0.25) is 0 Å². The Morgan fingerprint density at radius 3 is 2.79 bits per heavy atom. The molecule has 2 unspecified atom stereocenters. The smallest absolute Gasteiger partial charge is 0.236 e. The third-order valence-electron chi connectivity index (χ3n) is 4.63. The van der Waals surface area contributed by atoms with E-state index in [1.54, 1.807) is 4.90 Å². The molecule has 6 nitrogen and oxygen atoms in total. The SMILES string of the molecule is CCC1CN(CC(=O)N(C)Cc2ccc(C)o2)CCN1CC(C)O. The monoisotopic (exact) mass is 337 g/mol. The summed E-state index contributed by atoms with van der Waals surface area (Å²) < 4.78 is 5.54. The first-order chi connectivity index (χ1) is 11.4. The molecule has 0 spiro atoms. The van der Waals surface area contributed by atoms with E-state index in [9.17, 15) is 9.90 Å². The molecule has 1 saturated heterocycles. The molecule has 2 rings (SSSR count). The second-order valence-electron chi connectivity index (χ2n) is 6.90. The third-order valence-corrected chi connectivity index (χ3v) is 4.63. The minimum absolute atomic E-state index is 0.114. The molecule has 2 atom stereocenters. The first-order valence-corrected chi connectivity index (χ1v) is 8.82. The fourth-order valence-electron chi connectivity index (χ4n) is 3.27. The molecule has 0 bridgehead atoms. The molecule has 0 saturated carbocycles. The Morgan fingerprint density at radius 1 is 1.46 bits per heavy atom. The summed E-state index contributed by atoms with van der Waals surface area (Å²) in [6.45, 7) is 10.2. The van der Waals surface area contributed by atoms with Crippen LogP contribution in [-0.4, -0.2) is 77.6 Å².